The number of nitrogens with one attached hydrogen (secondary N) is 1. The Kier molecular flexibility index (Phi) is 5.71. The maximum atomic E-state index is 12.1. The van der Waals surface area contributed by atoms with Gasteiger partial charge < -0.3 is 4.74 Å². The third-order valence-corrected chi connectivity index (χ3v) is 4.50. The van der Waals surface area contributed by atoms with Gasteiger partial charge in [0.2, 0.25) is 0 Å². The molecule has 0 aliphatic rings. The van der Waals surface area contributed by atoms with Gasteiger partial charge in [-0.1, -0.05) is 12.1 Å². The highest BCUT2D eigenvalue weighted by molar-refractivity contribution is 7.89. The molecular formula is C16H17N3O5S. The van der Waals surface area contributed by atoms with Gasteiger partial charge in [-0.3, -0.25) is 10.1 Å². The molecule has 0 heterocycles. The molecule has 0 fully saturated rings. The number of nitro benzene ring substituents is 1. The van der Waals surface area contributed by atoms with Crippen molar-refractivity contribution >= 4 is 21.9 Å². The van der Waals surface area contributed by atoms with E-state index < -0.39 is 14.9 Å². The monoisotopic (exact) mass is 363 g/mol. The first-order chi connectivity index (χ1) is 11.8. The summed E-state index contributed by atoms with van der Waals surface area (Å²) in [6, 6.07) is 10.4. The highest BCUT2D eigenvalue weighted by Gasteiger charge is 2.13. The zero-order valence-electron chi connectivity index (χ0n) is 13.7. The van der Waals surface area contributed by atoms with Gasteiger partial charge in [0, 0.05) is 17.2 Å². The summed E-state index contributed by atoms with van der Waals surface area (Å²) in [5.74, 6) is 0.567. The fourth-order valence-electron chi connectivity index (χ4n) is 2.01. The maximum Gasteiger partial charge on any atom is 0.276 e. The Labute approximate surface area is 145 Å². The van der Waals surface area contributed by atoms with Gasteiger partial charge in [-0.25, -0.2) is 4.83 Å². The van der Waals surface area contributed by atoms with Crippen molar-refractivity contribution in [3.63, 3.8) is 0 Å². The minimum atomic E-state index is -3.83. The van der Waals surface area contributed by atoms with E-state index in [4.69, 9.17) is 4.74 Å². The quantitative estimate of drug-likeness (QED) is 0.462. The van der Waals surface area contributed by atoms with Crippen LogP contribution in [0, 0.1) is 17.0 Å². The van der Waals surface area contributed by atoms with E-state index in [0.29, 0.717) is 23.5 Å². The Morgan fingerprint density at radius 1 is 1.24 bits per heavy atom. The van der Waals surface area contributed by atoms with Gasteiger partial charge in [-0.05, 0) is 38.1 Å². The SMILES string of the molecule is CCOc1ccc(S(=O)(=O)N/N=C\c2ccc(C)c([N+](=O)[O-])c2)cc1. The second kappa shape index (κ2) is 7.75. The molecule has 2 aromatic rings. The molecule has 0 spiro atoms. The molecule has 0 radical (unpaired) electrons. The predicted molar refractivity (Wildman–Crippen MR) is 93.4 cm³/mol. The van der Waals surface area contributed by atoms with E-state index in [0.717, 1.165) is 0 Å². The minimum Gasteiger partial charge on any atom is -0.494 e. The molecule has 0 aliphatic heterocycles. The minimum absolute atomic E-state index is 0.0305. The Balaban J connectivity index is 2.12. The van der Waals surface area contributed by atoms with E-state index in [1.807, 2.05) is 6.92 Å². The van der Waals surface area contributed by atoms with E-state index in [1.165, 1.54) is 24.4 Å². The highest BCUT2D eigenvalue weighted by atomic mass is 32.2. The Hall–Kier alpha value is -2.94. The van der Waals surface area contributed by atoms with E-state index in [-0.39, 0.29) is 10.6 Å². The maximum absolute atomic E-state index is 12.1. The van der Waals surface area contributed by atoms with Crippen LogP contribution in [-0.4, -0.2) is 26.2 Å². The number of nitro groups is 1. The third-order valence-electron chi connectivity index (χ3n) is 3.26. The molecule has 0 aromatic heterocycles. The zero-order valence-corrected chi connectivity index (χ0v) is 14.5. The van der Waals surface area contributed by atoms with Gasteiger partial charge in [0.25, 0.3) is 15.7 Å². The van der Waals surface area contributed by atoms with Crippen molar-refractivity contribution in [2.45, 2.75) is 18.7 Å². The summed E-state index contributed by atoms with van der Waals surface area (Å²) < 4.78 is 29.5. The summed E-state index contributed by atoms with van der Waals surface area (Å²) in [7, 11) is -3.83. The molecule has 0 unspecified atom stereocenters. The van der Waals surface area contributed by atoms with Crippen LogP contribution in [-0.2, 0) is 10.0 Å². The summed E-state index contributed by atoms with van der Waals surface area (Å²) >= 11 is 0. The first-order valence-electron chi connectivity index (χ1n) is 7.36. The van der Waals surface area contributed by atoms with E-state index in [1.54, 1.807) is 31.2 Å². The Morgan fingerprint density at radius 2 is 1.92 bits per heavy atom. The first kappa shape index (κ1) is 18.4. The van der Waals surface area contributed by atoms with Gasteiger partial charge in [-0.15, -0.1) is 0 Å². The number of benzene rings is 2. The second-order valence-electron chi connectivity index (χ2n) is 5.06. The Morgan fingerprint density at radius 3 is 2.52 bits per heavy atom. The molecule has 0 amide bonds. The van der Waals surface area contributed by atoms with E-state index in [2.05, 4.69) is 9.93 Å². The van der Waals surface area contributed by atoms with Crippen LogP contribution in [0.25, 0.3) is 0 Å². The van der Waals surface area contributed by atoms with E-state index in [9.17, 15) is 18.5 Å². The molecule has 8 nitrogen and oxygen atoms in total. The molecule has 0 aliphatic carbocycles. The third kappa shape index (κ3) is 4.77. The van der Waals surface area contributed by atoms with Crippen molar-refractivity contribution in [2.75, 3.05) is 6.61 Å². The van der Waals surface area contributed by atoms with Gasteiger partial charge in [0.1, 0.15) is 5.75 Å². The predicted octanol–water partition coefficient (Wildman–Crippen LogP) is 2.61. The lowest BCUT2D eigenvalue weighted by molar-refractivity contribution is -0.385. The van der Waals surface area contributed by atoms with Crippen LogP contribution in [0.1, 0.15) is 18.1 Å². The average Bonchev–Trinajstić information content (AvgIpc) is 2.57. The van der Waals surface area contributed by atoms with Crippen LogP contribution in [0.15, 0.2) is 52.5 Å². The summed E-state index contributed by atoms with van der Waals surface area (Å²) in [6.07, 6.45) is 1.21. The van der Waals surface area contributed by atoms with Crippen molar-refractivity contribution in [2.24, 2.45) is 5.10 Å². The van der Waals surface area contributed by atoms with Crippen LogP contribution >= 0.6 is 0 Å². The van der Waals surface area contributed by atoms with Gasteiger partial charge in [-0.2, -0.15) is 13.5 Å². The highest BCUT2D eigenvalue weighted by Crippen LogP contribution is 2.18. The number of nitrogens with zero attached hydrogens (tertiary/aromatic N) is 2. The van der Waals surface area contributed by atoms with E-state index >= 15 is 0 Å². The van der Waals surface area contributed by atoms with Crippen molar-refractivity contribution in [3.05, 3.63) is 63.7 Å². The number of ether oxygens (including phenoxy) is 1. The topological polar surface area (TPSA) is 111 Å². The molecule has 0 saturated heterocycles. The lowest BCUT2D eigenvalue weighted by atomic mass is 10.1. The van der Waals surface area contributed by atoms with Crippen LogP contribution in [0.4, 0.5) is 5.69 Å². The molecule has 0 bridgehead atoms. The number of rotatable bonds is 7. The summed E-state index contributed by atoms with van der Waals surface area (Å²) in [5, 5.41) is 14.6. The molecule has 0 saturated carbocycles. The lowest BCUT2D eigenvalue weighted by Gasteiger charge is -2.05. The van der Waals surface area contributed by atoms with Crippen molar-refractivity contribution in [1.29, 1.82) is 0 Å². The fourth-order valence-corrected chi connectivity index (χ4v) is 2.80. The molecule has 9 heteroatoms. The van der Waals surface area contributed by atoms with Crippen LogP contribution in [0.5, 0.6) is 5.75 Å². The smallest absolute Gasteiger partial charge is 0.276 e. The van der Waals surface area contributed by atoms with Crippen molar-refractivity contribution < 1.29 is 18.1 Å². The van der Waals surface area contributed by atoms with Gasteiger partial charge in [0.15, 0.2) is 0 Å². The average molecular weight is 363 g/mol. The zero-order chi connectivity index (χ0) is 18.4. The number of hydrazone groups is 1. The van der Waals surface area contributed by atoms with Gasteiger partial charge >= 0.3 is 0 Å². The fraction of sp³-hybridized carbons (Fsp3) is 0.188. The summed E-state index contributed by atoms with van der Waals surface area (Å²) in [4.78, 5) is 12.5. The standard InChI is InChI=1S/C16H17N3O5S/c1-3-24-14-6-8-15(9-7-14)25(22,23)18-17-11-13-5-4-12(2)16(10-13)19(20)21/h4-11,18H,3H2,1-2H3/b17-11-. The molecule has 25 heavy (non-hydrogen) atoms. The Bertz CT molecular complexity index is 892. The lowest BCUT2D eigenvalue weighted by Crippen LogP contribution is -2.18. The molecular weight excluding hydrogens is 346 g/mol. The van der Waals surface area contributed by atoms with Crippen LogP contribution in [0.2, 0.25) is 0 Å². The van der Waals surface area contributed by atoms with Crippen LogP contribution in [0.3, 0.4) is 0 Å². The second-order valence-corrected chi connectivity index (χ2v) is 6.72. The number of sulfonamides is 1. The van der Waals surface area contributed by atoms with Crippen molar-refractivity contribution in [1.82, 2.24) is 4.83 Å². The van der Waals surface area contributed by atoms with Crippen LogP contribution < -0.4 is 9.57 Å². The molecule has 0 atom stereocenters. The number of hydrogen-bond donors (Lipinski definition) is 1. The number of hydrogen-bond acceptors (Lipinski definition) is 6. The molecule has 132 valence electrons. The van der Waals surface area contributed by atoms with Crippen molar-refractivity contribution in [3.8, 4) is 5.75 Å². The van der Waals surface area contributed by atoms with Gasteiger partial charge in [0.05, 0.1) is 22.6 Å². The molecule has 2 aromatic carbocycles. The number of aryl methyl sites for hydroxylation is 1. The molecule has 1 N–H and O–H groups in total. The largest absolute Gasteiger partial charge is 0.494 e. The summed E-state index contributed by atoms with van der Waals surface area (Å²) in [5.41, 5.74) is 0.863. The first-order valence-corrected chi connectivity index (χ1v) is 8.84. The summed E-state index contributed by atoms with van der Waals surface area (Å²) in [6.45, 7) is 3.93. The normalized spacial score (nSPS) is 11.4. The molecule has 2 rings (SSSR count).